The molecule has 0 heterocycles. The number of benzene rings is 1. The lowest BCUT2D eigenvalue weighted by atomic mass is 10.2. The van der Waals surface area contributed by atoms with Gasteiger partial charge in [0.1, 0.15) is 5.82 Å². The quantitative estimate of drug-likeness (QED) is 0.462. The average molecular weight is 229 g/mol. The molecule has 0 unspecified atom stereocenters. The molecule has 0 aromatic heterocycles. The predicted octanol–water partition coefficient (Wildman–Crippen LogP) is 2.91. The fourth-order valence-electron chi connectivity index (χ4n) is 0.844. The molecule has 14 heavy (non-hydrogen) atoms. The van der Waals surface area contributed by atoms with E-state index in [1.807, 2.05) is 4.94 Å². The van der Waals surface area contributed by atoms with Crippen molar-refractivity contribution in [2.24, 2.45) is 0 Å². The van der Waals surface area contributed by atoms with E-state index in [0.29, 0.717) is 6.07 Å². The second-order valence-electron chi connectivity index (χ2n) is 2.41. The first-order valence-electron chi connectivity index (χ1n) is 3.43. The third-order valence-corrected chi connectivity index (χ3v) is 1.57. The summed E-state index contributed by atoms with van der Waals surface area (Å²) in [5.74, 6) is -1.03. The van der Waals surface area contributed by atoms with E-state index in [1.165, 1.54) is 0 Å². The Hall–Kier alpha value is -1.01. The minimum absolute atomic E-state index is 0.159. The molecular weight excluding hydrogens is 224 g/mol. The molecule has 0 saturated heterocycles. The Balaban J connectivity index is 3.01. The molecule has 1 aromatic rings. The van der Waals surface area contributed by atoms with E-state index in [2.05, 4.69) is 5.43 Å². The molecule has 2 nitrogen and oxygen atoms in total. The molecule has 1 rings (SSSR count). The summed E-state index contributed by atoms with van der Waals surface area (Å²) in [4.78, 5) is 1.88. The molecule has 0 spiro atoms. The zero-order valence-corrected chi connectivity index (χ0v) is 7.38. The third-order valence-electron chi connectivity index (χ3n) is 1.48. The number of nitrogens with one attached hydrogen (secondary N) is 2. The molecule has 0 amide bonds. The Morgan fingerprint density at radius 3 is 2.29 bits per heavy atom. The summed E-state index contributed by atoms with van der Waals surface area (Å²) in [6.45, 7) is 0. The lowest BCUT2D eigenvalue weighted by Gasteiger charge is -2.09. The summed E-state index contributed by atoms with van der Waals surface area (Å²) in [6.07, 6.45) is -4.55. The van der Waals surface area contributed by atoms with Crippen molar-refractivity contribution < 1.29 is 17.6 Å². The molecule has 7 heteroatoms. The first-order chi connectivity index (χ1) is 6.45. The van der Waals surface area contributed by atoms with Crippen LogP contribution in [0.3, 0.4) is 0 Å². The van der Waals surface area contributed by atoms with E-state index in [-0.39, 0.29) is 5.69 Å². The Kier molecular flexibility index (Phi) is 3.17. The number of hydrogen-bond acceptors (Lipinski definition) is 2. The van der Waals surface area contributed by atoms with Crippen molar-refractivity contribution in [1.29, 1.82) is 0 Å². The molecule has 0 fully saturated rings. The minimum atomic E-state index is -4.55. The molecule has 2 N–H and O–H groups in total. The topological polar surface area (TPSA) is 24.1 Å². The van der Waals surface area contributed by atoms with Crippen molar-refractivity contribution in [2.75, 3.05) is 5.43 Å². The van der Waals surface area contributed by atoms with Crippen LogP contribution in [-0.4, -0.2) is 0 Å². The van der Waals surface area contributed by atoms with Crippen LogP contribution < -0.4 is 10.4 Å². The number of rotatable bonds is 2. The van der Waals surface area contributed by atoms with Crippen LogP contribution in [0.25, 0.3) is 0 Å². The fourth-order valence-corrected chi connectivity index (χ4v) is 0.946. The van der Waals surface area contributed by atoms with Gasteiger partial charge in [0.15, 0.2) is 0 Å². The van der Waals surface area contributed by atoms with E-state index >= 15 is 0 Å². The number of halogens is 5. The van der Waals surface area contributed by atoms with Gasteiger partial charge in [0.25, 0.3) is 0 Å². The van der Waals surface area contributed by atoms with Gasteiger partial charge in [-0.05, 0) is 30.0 Å². The fraction of sp³-hybridized carbons (Fsp3) is 0.143. The largest absolute Gasteiger partial charge is 0.416 e. The number of hydrogen-bond donors (Lipinski definition) is 2. The van der Waals surface area contributed by atoms with Crippen LogP contribution in [0.1, 0.15) is 5.56 Å². The second kappa shape index (κ2) is 4.02. The molecule has 0 aliphatic heterocycles. The van der Waals surface area contributed by atoms with Crippen molar-refractivity contribution in [2.45, 2.75) is 6.18 Å². The molecule has 0 atom stereocenters. The van der Waals surface area contributed by atoms with E-state index in [0.717, 1.165) is 12.1 Å². The molecule has 78 valence electrons. The van der Waals surface area contributed by atoms with Crippen molar-refractivity contribution in [3.8, 4) is 0 Å². The van der Waals surface area contributed by atoms with Gasteiger partial charge in [0.05, 0.1) is 11.3 Å². The maximum Gasteiger partial charge on any atom is 0.416 e. The standard InChI is InChI=1S/C7H5ClF4N2/c8-14-13-6-2-1-4(3-5(6)9)7(10,11)12/h1-3,13-14H. The molecule has 1 aromatic carbocycles. The lowest BCUT2D eigenvalue weighted by Crippen LogP contribution is -2.12. The number of alkyl halides is 3. The normalized spacial score (nSPS) is 11.5. The number of anilines is 1. The molecule has 0 saturated carbocycles. The molecule has 0 aliphatic carbocycles. The van der Waals surface area contributed by atoms with Crippen molar-refractivity contribution in [3.05, 3.63) is 29.6 Å². The predicted molar refractivity (Wildman–Crippen MR) is 44.0 cm³/mol. The van der Waals surface area contributed by atoms with Gasteiger partial charge in [-0.1, -0.05) is 0 Å². The van der Waals surface area contributed by atoms with E-state index < -0.39 is 17.6 Å². The highest BCUT2D eigenvalue weighted by Crippen LogP contribution is 2.31. The van der Waals surface area contributed by atoms with Gasteiger partial charge < -0.3 is 5.43 Å². The Morgan fingerprint density at radius 1 is 1.21 bits per heavy atom. The SMILES string of the molecule is Fc1cc(C(F)(F)F)ccc1NNCl. The summed E-state index contributed by atoms with van der Waals surface area (Å²) in [7, 11) is 0. The van der Waals surface area contributed by atoms with Crippen molar-refractivity contribution in [3.63, 3.8) is 0 Å². The monoisotopic (exact) mass is 228 g/mol. The van der Waals surface area contributed by atoms with Crippen LogP contribution in [0.15, 0.2) is 18.2 Å². The Labute approximate surface area is 81.9 Å². The van der Waals surface area contributed by atoms with Crippen LogP contribution >= 0.6 is 11.8 Å². The van der Waals surface area contributed by atoms with Gasteiger partial charge in [0, 0.05) is 0 Å². The maximum absolute atomic E-state index is 12.9. The first kappa shape index (κ1) is 11.1. The van der Waals surface area contributed by atoms with Gasteiger partial charge in [-0.2, -0.15) is 13.2 Å². The van der Waals surface area contributed by atoms with E-state index in [1.54, 1.807) is 0 Å². The zero-order chi connectivity index (χ0) is 10.8. The highest BCUT2D eigenvalue weighted by Gasteiger charge is 2.31. The van der Waals surface area contributed by atoms with E-state index in [9.17, 15) is 17.6 Å². The third kappa shape index (κ3) is 2.49. The van der Waals surface area contributed by atoms with Crippen LogP contribution in [0, 0.1) is 5.82 Å². The van der Waals surface area contributed by atoms with E-state index in [4.69, 9.17) is 11.8 Å². The first-order valence-corrected chi connectivity index (χ1v) is 3.81. The average Bonchev–Trinajstić information content (AvgIpc) is 2.07. The van der Waals surface area contributed by atoms with Gasteiger partial charge in [-0.25, -0.2) is 4.39 Å². The van der Waals surface area contributed by atoms with Crippen LogP contribution in [0.5, 0.6) is 0 Å². The van der Waals surface area contributed by atoms with Crippen molar-refractivity contribution in [1.82, 2.24) is 4.94 Å². The van der Waals surface area contributed by atoms with Crippen LogP contribution in [0.4, 0.5) is 23.2 Å². The molecule has 0 bridgehead atoms. The molecule has 0 aliphatic rings. The van der Waals surface area contributed by atoms with Gasteiger partial charge >= 0.3 is 6.18 Å². The molecular formula is C7H5ClF4N2. The van der Waals surface area contributed by atoms with Crippen LogP contribution in [-0.2, 0) is 6.18 Å². The number of hydrazine groups is 1. The molecule has 0 radical (unpaired) electrons. The lowest BCUT2D eigenvalue weighted by molar-refractivity contribution is -0.137. The van der Waals surface area contributed by atoms with Crippen LogP contribution in [0.2, 0.25) is 0 Å². The van der Waals surface area contributed by atoms with Crippen molar-refractivity contribution >= 4 is 17.5 Å². The Bertz CT molecular complexity index is 326. The van der Waals surface area contributed by atoms with Gasteiger partial charge in [-0.3, -0.25) is 0 Å². The zero-order valence-electron chi connectivity index (χ0n) is 6.62. The highest BCUT2D eigenvalue weighted by atomic mass is 35.5. The maximum atomic E-state index is 12.9. The summed E-state index contributed by atoms with van der Waals surface area (Å²) >= 11 is 4.99. The summed E-state index contributed by atoms with van der Waals surface area (Å²) in [5.41, 5.74) is 0.922. The second-order valence-corrected chi connectivity index (χ2v) is 2.60. The highest BCUT2D eigenvalue weighted by molar-refractivity contribution is 6.13. The smallest absolute Gasteiger partial charge is 0.305 e. The summed E-state index contributed by atoms with van der Waals surface area (Å²) < 4.78 is 49.1. The van der Waals surface area contributed by atoms with Gasteiger partial charge in [-0.15, -0.1) is 4.94 Å². The Morgan fingerprint density at radius 2 is 1.86 bits per heavy atom. The summed E-state index contributed by atoms with van der Waals surface area (Å²) in [5, 5.41) is 0. The summed E-state index contributed by atoms with van der Waals surface area (Å²) in [6, 6.07) is 2.07. The van der Waals surface area contributed by atoms with Gasteiger partial charge in [0.2, 0.25) is 0 Å². The minimum Gasteiger partial charge on any atom is -0.305 e.